The predicted molar refractivity (Wildman–Crippen MR) is 88.2 cm³/mol. The van der Waals surface area contributed by atoms with Crippen LogP contribution in [0, 0.1) is 0 Å². The minimum atomic E-state index is -0.227. The van der Waals surface area contributed by atoms with Crippen LogP contribution in [0.5, 0.6) is 11.5 Å². The molecule has 1 amide bonds. The monoisotopic (exact) mass is 318 g/mol. The van der Waals surface area contributed by atoms with Crippen LogP contribution in [-0.4, -0.2) is 25.3 Å². The van der Waals surface area contributed by atoms with Gasteiger partial charge < -0.3 is 9.47 Å². The Hall–Kier alpha value is -2.34. The highest BCUT2D eigenvalue weighted by atomic mass is 32.1. The first-order valence-corrected chi connectivity index (χ1v) is 7.89. The first-order chi connectivity index (χ1) is 10.7. The van der Waals surface area contributed by atoms with Crippen molar-refractivity contribution in [2.45, 2.75) is 13.8 Å². The lowest BCUT2D eigenvalue weighted by molar-refractivity contribution is 0.0959. The summed E-state index contributed by atoms with van der Waals surface area (Å²) in [5.41, 5.74) is 3.27. The molecule has 0 saturated carbocycles. The molecule has 5 nitrogen and oxygen atoms in total. The van der Waals surface area contributed by atoms with Gasteiger partial charge in [0.1, 0.15) is 11.5 Å². The van der Waals surface area contributed by atoms with Gasteiger partial charge in [0.2, 0.25) is 0 Å². The van der Waals surface area contributed by atoms with Crippen molar-refractivity contribution in [1.29, 1.82) is 0 Å². The number of carbonyl (C=O) groups is 1. The van der Waals surface area contributed by atoms with Crippen molar-refractivity contribution < 1.29 is 14.3 Å². The van der Waals surface area contributed by atoms with Gasteiger partial charge in [-0.05, 0) is 37.4 Å². The summed E-state index contributed by atoms with van der Waals surface area (Å²) in [4.78, 5) is 12.4. The van der Waals surface area contributed by atoms with Crippen molar-refractivity contribution in [1.82, 2.24) is 5.43 Å². The number of ether oxygens (including phenoxy) is 2. The molecule has 1 N–H and O–H groups in total. The van der Waals surface area contributed by atoms with Gasteiger partial charge >= 0.3 is 0 Å². The van der Waals surface area contributed by atoms with Crippen LogP contribution in [0.25, 0.3) is 0 Å². The Morgan fingerprint density at radius 2 is 2.09 bits per heavy atom. The number of nitrogens with one attached hydrogen (secondary N) is 1. The van der Waals surface area contributed by atoms with E-state index in [0.717, 1.165) is 11.3 Å². The second-order valence-corrected chi connectivity index (χ2v) is 5.19. The zero-order valence-corrected chi connectivity index (χ0v) is 13.4. The zero-order valence-electron chi connectivity index (χ0n) is 12.5. The minimum absolute atomic E-state index is 0.227. The molecule has 0 saturated heterocycles. The highest BCUT2D eigenvalue weighted by molar-refractivity contribution is 7.12. The molecule has 1 aromatic carbocycles. The lowest BCUT2D eigenvalue weighted by Crippen LogP contribution is -2.16. The molecular formula is C16H18N2O3S. The van der Waals surface area contributed by atoms with Gasteiger partial charge in [0.15, 0.2) is 0 Å². The van der Waals surface area contributed by atoms with Gasteiger partial charge in [-0.25, -0.2) is 5.43 Å². The maximum absolute atomic E-state index is 11.8. The SMILES string of the molecule is CCOc1ccc(/C=N/NC(=O)c2cccs2)c(OCC)c1. The highest BCUT2D eigenvalue weighted by Crippen LogP contribution is 2.24. The largest absolute Gasteiger partial charge is 0.494 e. The van der Waals surface area contributed by atoms with E-state index in [0.29, 0.717) is 23.8 Å². The number of carbonyl (C=O) groups excluding carboxylic acids is 1. The number of rotatable bonds is 7. The number of thiophene rings is 1. The average Bonchev–Trinajstić information content (AvgIpc) is 3.04. The van der Waals surface area contributed by atoms with Crippen LogP contribution in [0.1, 0.15) is 29.1 Å². The summed E-state index contributed by atoms with van der Waals surface area (Å²) in [6.07, 6.45) is 1.56. The summed E-state index contributed by atoms with van der Waals surface area (Å²) < 4.78 is 11.0. The van der Waals surface area contributed by atoms with Crippen LogP contribution in [-0.2, 0) is 0 Å². The van der Waals surface area contributed by atoms with Crippen LogP contribution >= 0.6 is 11.3 Å². The van der Waals surface area contributed by atoms with E-state index >= 15 is 0 Å². The smallest absolute Gasteiger partial charge is 0.281 e. The molecule has 0 aliphatic rings. The van der Waals surface area contributed by atoms with Gasteiger partial charge in [-0.1, -0.05) is 6.07 Å². The molecule has 0 aliphatic heterocycles. The lowest BCUT2D eigenvalue weighted by atomic mass is 10.2. The maximum Gasteiger partial charge on any atom is 0.281 e. The van der Waals surface area contributed by atoms with Crippen LogP contribution in [0.15, 0.2) is 40.8 Å². The van der Waals surface area contributed by atoms with E-state index in [1.54, 1.807) is 12.3 Å². The van der Waals surface area contributed by atoms with E-state index in [9.17, 15) is 4.79 Å². The molecule has 6 heteroatoms. The number of nitrogens with zero attached hydrogens (tertiary/aromatic N) is 1. The van der Waals surface area contributed by atoms with Gasteiger partial charge in [0.05, 0.1) is 24.3 Å². The summed E-state index contributed by atoms with van der Waals surface area (Å²) in [6.45, 7) is 4.97. The van der Waals surface area contributed by atoms with Crippen molar-refractivity contribution in [3.63, 3.8) is 0 Å². The number of hydrogen-bond acceptors (Lipinski definition) is 5. The summed E-state index contributed by atoms with van der Waals surface area (Å²) in [6, 6.07) is 9.07. The van der Waals surface area contributed by atoms with Crippen LogP contribution in [0.3, 0.4) is 0 Å². The Kier molecular flexibility index (Phi) is 5.97. The van der Waals surface area contributed by atoms with E-state index in [1.165, 1.54) is 11.3 Å². The fourth-order valence-corrected chi connectivity index (χ4v) is 2.40. The van der Waals surface area contributed by atoms with Crippen LogP contribution in [0.4, 0.5) is 0 Å². The van der Waals surface area contributed by atoms with E-state index in [4.69, 9.17) is 9.47 Å². The Morgan fingerprint density at radius 1 is 1.27 bits per heavy atom. The van der Waals surface area contributed by atoms with Crippen LogP contribution < -0.4 is 14.9 Å². The molecular weight excluding hydrogens is 300 g/mol. The Morgan fingerprint density at radius 3 is 2.77 bits per heavy atom. The molecule has 0 unspecified atom stereocenters. The van der Waals surface area contributed by atoms with E-state index in [-0.39, 0.29) is 5.91 Å². The van der Waals surface area contributed by atoms with E-state index in [2.05, 4.69) is 10.5 Å². The van der Waals surface area contributed by atoms with E-state index < -0.39 is 0 Å². The highest BCUT2D eigenvalue weighted by Gasteiger charge is 2.06. The third kappa shape index (κ3) is 4.33. The Balaban J connectivity index is 2.07. The molecule has 0 spiro atoms. The fraction of sp³-hybridized carbons (Fsp3) is 0.250. The number of hydrogen-bond donors (Lipinski definition) is 1. The molecule has 0 atom stereocenters. The number of amides is 1. The van der Waals surface area contributed by atoms with Crippen molar-refractivity contribution in [2.24, 2.45) is 5.10 Å². The van der Waals surface area contributed by atoms with E-state index in [1.807, 2.05) is 43.5 Å². The van der Waals surface area contributed by atoms with Gasteiger partial charge in [0.25, 0.3) is 5.91 Å². The molecule has 1 heterocycles. The molecule has 22 heavy (non-hydrogen) atoms. The molecule has 0 bridgehead atoms. The lowest BCUT2D eigenvalue weighted by Gasteiger charge is -2.09. The molecule has 2 aromatic rings. The molecule has 0 radical (unpaired) electrons. The minimum Gasteiger partial charge on any atom is -0.494 e. The van der Waals surface area contributed by atoms with Gasteiger partial charge in [-0.15, -0.1) is 11.3 Å². The quantitative estimate of drug-likeness (QED) is 0.629. The van der Waals surface area contributed by atoms with Gasteiger partial charge in [-0.2, -0.15) is 5.10 Å². The van der Waals surface area contributed by atoms with Gasteiger partial charge in [-0.3, -0.25) is 4.79 Å². The number of benzene rings is 1. The van der Waals surface area contributed by atoms with Crippen molar-refractivity contribution in [2.75, 3.05) is 13.2 Å². The molecule has 0 aliphatic carbocycles. The average molecular weight is 318 g/mol. The Labute approximate surface area is 133 Å². The fourth-order valence-electron chi connectivity index (χ4n) is 1.78. The first-order valence-electron chi connectivity index (χ1n) is 7.01. The third-order valence-corrected chi connectivity index (χ3v) is 3.58. The third-order valence-electron chi connectivity index (χ3n) is 2.71. The zero-order chi connectivity index (χ0) is 15.8. The first kappa shape index (κ1) is 16.0. The summed E-state index contributed by atoms with van der Waals surface area (Å²) in [5, 5.41) is 5.82. The summed E-state index contributed by atoms with van der Waals surface area (Å²) >= 11 is 1.37. The van der Waals surface area contributed by atoms with Gasteiger partial charge in [0, 0.05) is 11.6 Å². The Bertz CT molecular complexity index is 639. The topological polar surface area (TPSA) is 59.9 Å². The second kappa shape index (κ2) is 8.19. The normalized spacial score (nSPS) is 10.6. The van der Waals surface area contributed by atoms with Crippen molar-refractivity contribution in [3.05, 3.63) is 46.2 Å². The van der Waals surface area contributed by atoms with Crippen molar-refractivity contribution in [3.8, 4) is 11.5 Å². The molecule has 0 fully saturated rings. The molecule has 1 aromatic heterocycles. The van der Waals surface area contributed by atoms with Crippen molar-refractivity contribution >= 4 is 23.5 Å². The maximum atomic E-state index is 11.8. The number of hydrazone groups is 1. The molecule has 116 valence electrons. The summed E-state index contributed by atoms with van der Waals surface area (Å²) in [7, 11) is 0. The summed E-state index contributed by atoms with van der Waals surface area (Å²) in [5.74, 6) is 1.18. The standard InChI is InChI=1S/C16H18N2O3S/c1-3-20-13-8-7-12(14(10-13)21-4-2)11-17-18-16(19)15-6-5-9-22-15/h5-11H,3-4H2,1-2H3,(H,18,19)/b17-11+. The molecule has 2 rings (SSSR count). The second-order valence-electron chi connectivity index (χ2n) is 4.24. The predicted octanol–water partition coefficient (Wildman–Crippen LogP) is 3.31. The van der Waals surface area contributed by atoms with Crippen LogP contribution in [0.2, 0.25) is 0 Å².